The van der Waals surface area contributed by atoms with Crippen molar-refractivity contribution >= 4 is 27.4 Å². The molecule has 2 aromatic rings. The fourth-order valence-electron chi connectivity index (χ4n) is 2.92. The molecule has 1 aliphatic heterocycles. The second-order valence-electron chi connectivity index (χ2n) is 7.79. The molecule has 9 nitrogen and oxygen atoms in total. The van der Waals surface area contributed by atoms with Gasteiger partial charge in [-0.05, 0) is 43.0 Å². The normalized spacial score (nSPS) is 16.7. The summed E-state index contributed by atoms with van der Waals surface area (Å²) in [6.07, 6.45) is -1.46. The Morgan fingerprint density at radius 2 is 1.94 bits per heavy atom. The van der Waals surface area contributed by atoms with Crippen molar-refractivity contribution < 1.29 is 35.9 Å². The summed E-state index contributed by atoms with van der Waals surface area (Å²) in [5, 5.41) is 4.72. The number of alkyl halides is 3. The van der Waals surface area contributed by atoms with E-state index in [2.05, 4.69) is 20.3 Å². The first-order valence-electron chi connectivity index (χ1n) is 10.1. The molecule has 178 valence electrons. The Hall–Kier alpha value is -2.90. The van der Waals surface area contributed by atoms with Gasteiger partial charge in [0.1, 0.15) is 10.6 Å². The van der Waals surface area contributed by atoms with Gasteiger partial charge in [-0.15, -0.1) is 0 Å². The zero-order valence-electron chi connectivity index (χ0n) is 17.2. The van der Waals surface area contributed by atoms with Crippen LogP contribution in [0.3, 0.4) is 0 Å². The van der Waals surface area contributed by atoms with Crippen LogP contribution in [0, 0.1) is 5.92 Å². The third-order valence-electron chi connectivity index (χ3n) is 4.94. The number of sulfonamides is 1. The van der Waals surface area contributed by atoms with Gasteiger partial charge < -0.3 is 20.1 Å². The van der Waals surface area contributed by atoms with Crippen LogP contribution in [0.2, 0.25) is 0 Å². The zero-order chi connectivity index (χ0) is 23.6. The summed E-state index contributed by atoms with van der Waals surface area (Å²) in [6, 6.07) is 4.06. The van der Waals surface area contributed by atoms with Gasteiger partial charge in [0.2, 0.25) is 15.9 Å². The van der Waals surface area contributed by atoms with Gasteiger partial charge in [0.05, 0.1) is 37.6 Å². The Balaban J connectivity index is 1.52. The van der Waals surface area contributed by atoms with Crippen LogP contribution in [0.5, 0.6) is 5.88 Å². The summed E-state index contributed by atoms with van der Waals surface area (Å²) in [6.45, 7) is 0.847. The Morgan fingerprint density at radius 3 is 2.58 bits per heavy atom. The molecule has 3 N–H and O–H groups in total. The number of nitrogens with one attached hydrogen (secondary N) is 3. The maximum atomic E-state index is 12.9. The quantitative estimate of drug-likeness (QED) is 0.527. The summed E-state index contributed by atoms with van der Waals surface area (Å²) in [5.74, 6) is 0.370. The molecule has 1 aliphatic carbocycles. The van der Waals surface area contributed by atoms with E-state index in [0.717, 1.165) is 37.2 Å². The molecule has 0 radical (unpaired) electrons. The summed E-state index contributed by atoms with van der Waals surface area (Å²) in [7, 11) is -3.94. The predicted octanol–water partition coefficient (Wildman–Crippen LogP) is 3.21. The molecular weight excluding hydrogens is 465 g/mol. The predicted molar refractivity (Wildman–Crippen MR) is 111 cm³/mol. The lowest BCUT2D eigenvalue weighted by Crippen LogP contribution is -2.48. The lowest BCUT2D eigenvalue weighted by molar-refractivity contribution is -0.137. The Kier molecular flexibility index (Phi) is 6.45. The van der Waals surface area contributed by atoms with E-state index in [4.69, 9.17) is 9.47 Å². The topological polar surface area (TPSA) is 119 Å². The first kappa shape index (κ1) is 23.3. The van der Waals surface area contributed by atoms with Gasteiger partial charge in [-0.3, -0.25) is 0 Å². The number of urea groups is 1. The first-order valence-corrected chi connectivity index (χ1v) is 11.6. The van der Waals surface area contributed by atoms with E-state index in [-0.39, 0.29) is 41.4 Å². The number of anilines is 2. The van der Waals surface area contributed by atoms with Crippen molar-refractivity contribution in [2.45, 2.75) is 30.0 Å². The summed E-state index contributed by atoms with van der Waals surface area (Å²) in [5.41, 5.74) is -1.05. The first-order chi connectivity index (χ1) is 15.6. The van der Waals surface area contributed by atoms with Gasteiger partial charge in [0.25, 0.3) is 0 Å². The third kappa shape index (κ3) is 6.12. The molecule has 1 aromatic heterocycles. The molecule has 2 fully saturated rings. The minimum Gasteiger partial charge on any atom is -0.476 e. The number of carbonyl (C=O) groups is 1. The molecule has 0 spiro atoms. The number of amides is 2. The van der Waals surface area contributed by atoms with Gasteiger partial charge in [-0.2, -0.15) is 13.2 Å². The van der Waals surface area contributed by atoms with E-state index >= 15 is 0 Å². The van der Waals surface area contributed by atoms with Crippen LogP contribution in [0.1, 0.15) is 18.4 Å². The lowest BCUT2D eigenvalue weighted by atomic mass is 10.2. The highest BCUT2D eigenvalue weighted by atomic mass is 32.2. The highest BCUT2D eigenvalue weighted by Gasteiger charge is 2.31. The zero-order valence-corrected chi connectivity index (χ0v) is 18.0. The SMILES string of the molecule is O=C(Nc1cccc(C(F)(F)F)c1)Nc1cc(S(=O)(=O)NC2COC2)cnc1OCC1CC1. The molecule has 2 amide bonds. The van der Waals surface area contributed by atoms with Crippen molar-refractivity contribution in [2.75, 3.05) is 30.5 Å². The van der Waals surface area contributed by atoms with E-state index in [1.165, 1.54) is 12.1 Å². The fraction of sp³-hybridized carbons (Fsp3) is 0.400. The van der Waals surface area contributed by atoms with Crippen LogP contribution in [-0.4, -0.2) is 45.3 Å². The number of ether oxygens (including phenoxy) is 2. The van der Waals surface area contributed by atoms with E-state index in [0.29, 0.717) is 12.5 Å². The number of hydrogen-bond donors (Lipinski definition) is 3. The van der Waals surface area contributed by atoms with Gasteiger partial charge >= 0.3 is 12.2 Å². The van der Waals surface area contributed by atoms with E-state index in [9.17, 15) is 26.4 Å². The minimum atomic E-state index is -4.57. The Morgan fingerprint density at radius 1 is 1.18 bits per heavy atom. The highest BCUT2D eigenvalue weighted by Crippen LogP contribution is 2.33. The standard InChI is InChI=1S/C20H21F3N4O5S/c21-20(22,23)13-2-1-3-14(6-13)25-19(28)26-17-7-16(33(29,30)27-15-10-31-11-15)8-24-18(17)32-9-12-4-5-12/h1-3,6-8,12,15,27H,4-5,9-11H2,(H2,25,26,28). The minimum absolute atomic E-state index is 0.00650. The van der Waals surface area contributed by atoms with Crippen molar-refractivity contribution in [3.63, 3.8) is 0 Å². The maximum Gasteiger partial charge on any atom is 0.416 e. The van der Waals surface area contributed by atoms with Crippen LogP contribution < -0.4 is 20.1 Å². The van der Waals surface area contributed by atoms with Crippen molar-refractivity contribution in [1.82, 2.24) is 9.71 Å². The molecule has 0 atom stereocenters. The van der Waals surface area contributed by atoms with Crippen molar-refractivity contribution in [3.05, 3.63) is 42.1 Å². The van der Waals surface area contributed by atoms with Crippen molar-refractivity contribution in [1.29, 1.82) is 0 Å². The Labute approximate surface area is 187 Å². The van der Waals surface area contributed by atoms with E-state index < -0.39 is 27.8 Å². The van der Waals surface area contributed by atoms with Gasteiger partial charge in [0, 0.05) is 5.69 Å². The second kappa shape index (κ2) is 9.15. The Bertz CT molecular complexity index is 1130. The largest absolute Gasteiger partial charge is 0.476 e. The number of benzene rings is 1. The average molecular weight is 486 g/mol. The molecule has 0 unspecified atom stereocenters. The molecule has 2 aliphatic rings. The number of rotatable bonds is 8. The number of halogens is 3. The number of hydrogen-bond acceptors (Lipinski definition) is 6. The molecule has 1 saturated heterocycles. The van der Waals surface area contributed by atoms with Gasteiger partial charge in [-0.1, -0.05) is 6.07 Å². The number of nitrogens with zero attached hydrogens (tertiary/aromatic N) is 1. The number of carbonyl (C=O) groups excluding carboxylic acids is 1. The molecule has 0 bridgehead atoms. The van der Waals surface area contributed by atoms with Gasteiger partial charge in [0.15, 0.2) is 0 Å². The summed E-state index contributed by atoms with van der Waals surface area (Å²) >= 11 is 0. The van der Waals surface area contributed by atoms with Crippen LogP contribution in [0.15, 0.2) is 41.4 Å². The average Bonchev–Trinajstić information content (AvgIpc) is 3.54. The molecule has 2 heterocycles. The summed E-state index contributed by atoms with van der Waals surface area (Å²) in [4.78, 5) is 16.3. The lowest BCUT2D eigenvalue weighted by Gasteiger charge is -2.26. The van der Waals surface area contributed by atoms with Crippen LogP contribution >= 0.6 is 0 Å². The smallest absolute Gasteiger partial charge is 0.416 e. The molecular formula is C20H21F3N4O5S. The molecule has 1 aromatic carbocycles. The van der Waals surface area contributed by atoms with Crippen LogP contribution in [-0.2, 0) is 20.9 Å². The molecule has 33 heavy (non-hydrogen) atoms. The molecule has 4 rings (SSSR count). The van der Waals surface area contributed by atoms with Crippen molar-refractivity contribution in [2.24, 2.45) is 5.92 Å². The second-order valence-corrected chi connectivity index (χ2v) is 9.51. The maximum absolute atomic E-state index is 12.9. The van der Waals surface area contributed by atoms with Crippen LogP contribution in [0.4, 0.5) is 29.3 Å². The van der Waals surface area contributed by atoms with Gasteiger partial charge in [-0.25, -0.2) is 22.9 Å². The molecule has 1 saturated carbocycles. The van der Waals surface area contributed by atoms with E-state index in [1.54, 1.807) is 0 Å². The highest BCUT2D eigenvalue weighted by molar-refractivity contribution is 7.89. The van der Waals surface area contributed by atoms with Crippen LogP contribution in [0.25, 0.3) is 0 Å². The molecule has 13 heteroatoms. The summed E-state index contributed by atoms with van der Waals surface area (Å²) < 4.78 is 77.0. The fourth-order valence-corrected chi connectivity index (χ4v) is 4.09. The number of pyridine rings is 1. The monoisotopic (exact) mass is 486 g/mol. The number of aromatic nitrogens is 1. The third-order valence-corrected chi connectivity index (χ3v) is 6.43. The van der Waals surface area contributed by atoms with E-state index in [1.807, 2.05) is 0 Å². The van der Waals surface area contributed by atoms with Crippen molar-refractivity contribution in [3.8, 4) is 5.88 Å².